The third-order valence-electron chi connectivity index (χ3n) is 8.21. The Morgan fingerprint density at radius 2 is 1.25 bits per heavy atom. The molecule has 0 spiro atoms. The van der Waals surface area contributed by atoms with Gasteiger partial charge in [-0.15, -0.1) is 0 Å². The van der Waals surface area contributed by atoms with E-state index in [0.29, 0.717) is 23.0 Å². The number of hydrogen-bond acceptors (Lipinski definition) is 2. The molecule has 4 saturated carbocycles. The van der Waals surface area contributed by atoms with Crippen molar-refractivity contribution in [2.45, 2.75) is 51.4 Å². The van der Waals surface area contributed by atoms with Crippen molar-refractivity contribution in [2.75, 3.05) is 13.1 Å². The molecule has 4 aliphatic rings. The van der Waals surface area contributed by atoms with Crippen LogP contribution in [0.1, 0.15) is 72.1 Å². The van der Waals surface area contributed by atoms with Gasteiger partial charge in [-0.3, -0.25) is 9.59 Å². The zero-order chi connectivity index (χ0) is 19.1. The molecule has 0 saturated heterocycles. The van der Waals surface area contributed by atoms with Crippen LogP contribution in [-0.2, 0) is 0 Å². The number of carbonyl (C=O) groups excluding carboxylic acids is 2. The summed E-state index contributed by atoms with van der Waals surface area (Å²) in [5, 5.41) is 6.23. The molecule has 0 aliphatic heterocycles. The summed E-state index contributed by atoms with van der Waals surface area (Å²) < 4.78 is 0. The Balaban J connectivity index is 1.14. The lowest BCUT2D eigenvalue weighted by molar-refractivity contribution is 0.0941. The predicted molar refractivity (Wildman–Crippen MR) is 109 cm³/mol. The minimum atomic E-state index is -0.0504. The highest BCUT2D eigenvalue weighted by atomic mass is 16.2. The van der Waals surface area contributed by atoms with E-state index >= 15 is 0 Å². The van der Waals surface area contributed by atoms with E-state index in [1.165, 1.54) is 51.4 Å². The molecule has 150 valence electrons. The van der Waals surface area contributed by atoms with Gasteiger partial charge in [0.2, 0.25) is 0 Å². The van der Waals surface area contributed by atoms with Gasteiger partial charge in [-0.2, -0.15) is 0 Å². The van der Waals surface area contributed by atoms with E-state index < -0.39 is 0 Å². The first-order chi connectivity index (χ1) is 13.7. The Morgan fingerprint density at radius 3 is 1.64 bits per heavy atom. The van der Waals surface area contributed by atoms with Crippen molar-refractivity contribution in [3.8, 4) is 0 Å². The van der Waals surface area contributed by atoms with Crippen molar-refractivity contribution in [2.24, 2.45) is 35.5 Å². The van der Waals surface area contributed by atoms with Gasteiger partial charge in [0.1, 0.15) is 0 Å². The molecule has 1 aromatic carbocycles. The van der Waals surface area contributed by atoms with Crippen LogP contribution in [0.25, 0.3) is 0 Å². The molecule has 6 unspecified atom stereocenters. The van der Waals surface area contributed by atoms with Crippen LogP contribution in [0.3, 0.4) is 0 Å². The van der Waals surface area contributed by atoms with Crippen LogP contribution < -0.4 is 10.6 Å². The van der Waals surface area contributed by atoms with Gasteiger partial charge in [0.25, 0.3) is 11.8 Å². The van der Waals surface area contributed by atoms with Crippen molar-refractivity contribution in [1.29, 1.82) is 0 Å². The van der Waals surface area contributed by atoms with E-state index in [4.69, 9.17) is 0 Å². The summed E-state index contributed by atoms with van der Waals surface area (Å²) in [6.07, 6.45) is 10.7. The smallest absolute Gasteiger partial charge is 0.251 e. The number of benzene rings is 1. The topological polar surface area (TPSA) is 58.2 Å². The first-order valence-corrected chi connectivity index (χ1v) is 11.3. The van der Waals surface area contributed by atoms with Gasteiger partial charge < -0.3 is 10.6 Å². The molecule has 28 heavy (non-hydrogen) atoms. The predicted octanol–water partition coefficient (Wildman–Crippen LogP) is 4.02. The molecule has 4 aliphatic carbocycles. The van der Waals surface area contributed by atoms with Crippen molar-refractivity contribution in [3.05, 3.63) is 35.4 Å². The van der Waals surface area contributed by atoms with E-state index in [2.05, 4.69) is 10.6 Å². The first kappa shape index (κ1) is 18.2. The summed E-state index contributed by atoms with van der Waals surface area (Å²) in [5.41, 5.74) is 1.19. The molecule has 1 aromatic rings. The Kier molecular flexibility index (Phi) is 4.90. The van der Waals surface area contributed by atoms with Crippen molar-refractivity contribution < 1.29 is 9.59 Å². The van der Waals surface area contributed by atoms with Crippen molar-refractivity contribution in [1.82, 2.24) is 10.6 Å². The molecule has 6 atom stereocenters. The Morgan fingerprint density at radius 1 is 0.750 bits per heavy atom. The van der Waals surface area contributed by atoms with E-state index in [0.717, 1.165) is 36.8 Å². The maximum Gasteiger partial charge on any atom is 0.251 e. The molecule has 0 heterocycles. The van der Waals surface area contributed by atoms with Gasteiger partial charge in [0.15, 0.2) is 0 Å². The maximum atomic E-state index is 12.6. The lowest BCUT2D eigenvalue weighted by Gasteiger charge is -2.22. The molecular formula is C24H32N2O2. The summed E-state index contributed by atoms with van der Waals surface area (Å²) in [7, 11) is 0. The average Bonchev–Trinajstić information content (AvgIpc) is 3.52. The van der Waals surface area contributed by atoms with Gasteiger partial charge in [0.05, 0.1) is 0 Å². The minimum absolute atomic E-state index is 0.0504. The van der Waals surface area contributed by atoms with Crippen molar-refractivity contribution >= 4 is 11.8 Å². The number of amides is 2. The fourth-order valence-corrected chi connectivity index (χ4v) is 6.71. The van der Waals surface area contributed by atoms with Gasteiger partial charge in [0, 0.05) is 24.2 Å². The third kappa shape index (κ3) is 3.58. The summed E-state index contributed by atoms with van der Waals surface area (Å²) in [6.45, 7) is 1.56. The molecule has 4 fully saturated rings. The first-order valence-electron chi connectivity index (χ1n) is 11.3. The lowest BCUT2D eigenvalue weighted by Crippen LogP contribution is -2.33. The van der Waals surface area contributed by atoms with Crippen LogP contribution in [0, 0.1) is 35.5 Å². The minimum Gasteiger partial charge on any atom is -0.352 e. The van der Waals surface area contributed by atoms with Gasteiger partial charge in [-0.05, 0) is 92.2 Å². The number of rotatable bonds is 6. The zero-order valence-corrected chi connectivity index (χ0v) is 16.7. The van der Waals surface area contributed by atoms with E-state index in [9.17, 15) is 9.59 Å². The van der Waals surface area contributed by atoms with Crippen LogP contribution in [0.15, 0.2) is 24.3 Å². The molecule has 4 nitrogen and oxygen atoms in total. The van der Waals surface area contributed by atoms with Crippen molar-refractivity contribution in [3.63, 3.8) is 0 Å². The highest BCUT2D eigenvalue weighted by molar-refractivity contribution is 5.99. The molecule has 0 aromatic heterocycles. The van der Waals surface area contributed by atoms with E-state index in [1.807, 2.05) is 18.2 Å². The second-order valence-electron chi connectivity index (χ2n) is 9.87. The Labute approximate surface area is 167 Å². The molecule has 4 bridgehead atoms. The van der Waals surface area contributed by atoms with E-state index in [1.54, 1.807) is 6.07 Å². The van der Waals surface area contributed by atoms with Crippen LogP contribution in [0.2, 0.25) is 0 Å². The quantitative estimate of drug-likeness (QED) is 0.783. The highest BCUT2D eigenvalue weighted by Crippen LogP contribution is 2.48. The lowest BCUT2D eigenvalue weighted by atomic mass is 9.89. The molecule has 5 rings (SSSR count). The monoisotopic (exact) mass is 380 g/mol. The number of carbonyl (C=O) groups is 2. The summed E-state index contributed by atoms with van der Waals surface area (Å²) in [5.74, 6) is 4.62. The second kappa shape index (κ2) is 7.53. The van der Waals surface area contributed by atoms with E-state index in [-0.39, 0.29) is 11.8 Å². The summed E-state index contributed by atoms with van der Waals surface area (Å²) in [4.78, 5) is 25.2. The third-order valence-corrected chi connectivity index (χ3v) is 8.21. The van der Waals surface area contributed by atoms with Crippen LogP contribution in [0.5, 0.6) is 0 Å². The van der Waals surface area contributed by atoms with Crippen LogP contribution >= 0.6 is 0 Å². The molecule has 2 N–H and O–H groups in total. The highest BCUT2D eigenvalue weighted by Gasteiger charge is 2.40. The fraction of sp³-hybridized carbons (Fsp3) is 0.667. The van der Waals surface area contributed by atoms with Gasteiger partial charge >= 0.3 is 0 Å². The molecule has 0 radical (unpaired) electrons. The zero-order valence-electron chi connectivity index (χ0n) is 16.7. The average molecular weight is 381 g/mol. The number of nitrogens with one attached hydrogen (secondary N) is 2. The largest absolute Gasteiger partial charge is 0.352 e. The number of hydrogen-bond donors (Lipinski definition) is 2. The Bertz CT molecular complexity index is 701. The number of fused-ring (bicyclic) bond motifs is 4. The molecule has 4 heteroatoms. The fourth-order valence-electron chi connectivity index (χ4n) is 6.71. The Hall–Kier alpha value is -1.84. The van der Waals surface area contributed by atoms with Crippen LogP contribution in [0.4, 0.5) is 0 Å². The summed E-state index contributed by atoms with van der Waals surface area (Å²) in [6, 6.07) is 7.18. The second-order valence-corrected chi connectivity index (χ2v) is 9.87. The maximum absolute atomic E-state index is 12.6. The van der Waals surface area contributed by atoms with Gasteiger partial charge in [-0.25, -0.2) is 0 Å². The van der Waals surface area contributed by atoms with Crippen LogP contribution in [-0.4, -0.2) is 24.9 Å². The van der Waals surface area contributed by atoms with Gasteiger partial charge in [-0.1, -0.05) is 18.9 Å². The normalized spacial score (nSPS) is 35.3. The summed E-state index contributed by atoms with van der Waals surface area (Å²) >= 11 is 0. The molecular weight excluding hydrogens is 348 g/mol. The molecule has 2 amide bonds. The standard InChI is InChI=1S/C24H32N2O2/c27-23(25-13-21-10-15-4-6-17(21)8-15)19-2-1-3-20(12-19)24(28)26-14-22-11-16-5-7-18(22)9-16/h1-3,12,15-18,21-22H,4-11,13-14H2,(H,25,27)(H,26,28). The SMILES string of the molecule is O=C(NCC1CC2CCC1C2)c1cccc(C(=O)NCC2CC3CCC2C3)c1.